The molecule has 10 heteroatoms. The van der Waals surface area contributed by atoms with E-state index in [4.69, 9.17) is 4.74 Å². The van der Waals surface area contributed by atoms with E-state index in [0.29, 0.717) is 37.0 Å². The number of hydrogen-bond donors (Lipinski definition) is 0. The minimum Gasteiger partial charge on any atom is -0.379 e. The van der Waals surface area contributed by atoms with Gasteiger partial charge in [-0.1, -0.05) is 23.5 Å². The van der Waals surface area contributed by atoms with E-state index >= 15 is 0 Å². The number of carbonyl (C=O) groups is 1. The summed E-state index contributed by atoms with van der Waals surface area (Å²) >= 11 is 1.47. The molecule has 0 radical (unpaired) electrons. The number of thiazole rings is 1. The number of amides is 1. The van der Waals surface area contributed by atoms with Crippen LogP contribution in [0, 0.1) is 0 Å². The molecule has 1 amide bonds. The van der Waals surface area contributed by atoms with E-state index in [0.717, 1.165) is 27.6 Å². The van der Waals surface area contributed by atoms with E-state index in [1.165, 1.54) is 37.6 Å². The molecule has 0 N–H and O–H groups in total. The van der Waals surface area contributed by atoms with Crippen molar-refractivity contribution in [3.05, 3.63) is 54.1 Å². The molecule has 170 valence electrons. The molecule has 1 aromatic heterocycles. The Balaban J connectivity index is 1.61. The van der Waals surface area contributed by atoms with Gasteiger partial charge in [-0.15, -0.1) is 0 Å². The minimum atomic E-state index is -3.55. The van der Waals surface area contributed by atoms with Crippen LogP contribution in [0.5, 0.6) is 0 Å². The third-order valence-corrected chi connectivity index (χ3v) is 8.27. The third-order valence-electron chi connectivity index (χ3n) is 5.38. The zero-order valence-electron chi connectivity index (χ0n) is 18.1. The highest BCUT2D eigenvalue weighted by Crippen LogP contribution is 2.29. The summed E-state index contributed by atoms with van der Waals surface area (Å²) in [4.78, 5) is 22.3. The summed E-state index contributed by atoms with van der Waals surface area (Å²) in [7, 11) is -0.592. The number of sulfonamides is 1. The summed E-state index contributed by atoms with van der Waals surface area (Å²) in [6.45, 7) is 4.24. The zero-order chi connectivity index (χ0) is 22.7. The highest BCUT2D eigenvalue weighted by Gasteiger charge is 2.24. The second-order valence-corrected chi connectivity index (χ2v) is 10.8. The highest BCUT2D eigenvalue weighted by molar-refractivity contribution is 7.89. The first-order valence-electron chi connectivity index (χ1n) is 10.4. The molecule has 0 bridgehead atoms. The number of benzene rings is 2. The van der Waals surface area contributed by atoms with Crippen LogP contribution in [0.2, 0.25) is 0 Å². The van der Waals surface area contributed by atoms with Crippen LogP contribution in [0.25, 0.3) is 10.2 Å². The topological polar surface area (TPSA) is 83.1 Å². The Morgan fingerprint density at radius 1 is 1.09 bits per heavy atom. The molecule has 0 atom stereocenters. The van der Waals surface area contributed by atoms with Gasteiger partial charge in [-0.3, -0.25) is 14.6 Å². The van der Waals surface area contributed by atoms with Crippen molar-refractivity contribution in [2.45, 2.75) is 4.90 Å². The van der Waals surface area contributed by atoms with Gasteiger partial charge in [0.15, 0.2) is 5.13 Å². The molecule has 0 aliphatic carbocycles. The lowest BCUT2D eigenvalue weighted by atomic mass is 10.2. The molecule has 1 saturated heterocycles. The van der Waals surface area contributed by atoms with Gasteiger partial charge in [0.1, 0.15) is 0 Å². The number of fused-ring (bicyclic) bond motifs is 1. The first kappa shape index (κ1) is 22.8. The molecule has 4 rings (SSSR count). The minimum absolute atomic E-state index is 0.152. The number of aromatic nitrogens is 1. The lowest BCUT2D eigenvalue weighted by Crippen LogP contribution is -2.43. The van der Waals surface area contributed by atoms with Crippen molar-refractivity contribution < 1.29 is 17.9 Å². The summed E-state index contributed by atoms with van der Waals surface area (Å²) in [5.74, 6) is -0.203. The zero-order valence-corrected chi connectivity index (χ0v) is 19.7. The number of rotatable bonds is 7. The number of anilines is 1. The maximum Gasteiger partial charge on any atom is 0.260 e. The third kappa shape index (κ3) is 4.84. The van der Waals surface area contributed by atoms with E-state index in [1.54, 1.807) is 17.0 Å². The van der Waals surface area contributed by atoms with Crippen molar-refractivity contribution in [3.8, 4) is 0 Å². The highest BCUT2D eigenvalue weighted by atomic mass is 32.2. The van der Waals surface area contributed by atoms with E-state index in [2.05, 4.69) is 9.88 Å². The summed E-state index contributed by atoms with van der Waals surface area (Å²) in [6, 6.07) is 13.9. The van der Waals surface area contributed by atoms with Crippen LogP contribution in [-0.2, 0) is 14.8 Å². The number of ether oxygens (including phenoxy) is 1. The Bertz CT molecular complexity index is 1150. The molecule has 1 aliphatic heterocycles. The van der Waals surface area contributed by atoms with Crippen LogP contribution >= 0.6 is 11.3 Å². The van der Waals surface area contributed by atoms with Gasteiger partial charge >= 0.3 is 0 Å². The van der Waals surface area contributed by atoms with Crippen molar-refractivity contribution in [1.29, 1.82) is 0 Å². The van der Waals surface area contributed by atoms with Crippen LogP contribution in [0.1, 0.15) is 10.4 Å². The fourth-order valence-electron chi connectivity index (χ4n) is 3.46. The fourth-order valence-corrected chi connectivity index (χ4v) is 5.35. The van der Waals surface area contributed by atoms with Gasteiger partial charge in [0.25, 0.3) is 5.91 Å². The molecule has 0 spiro atoms. The van der Waals surface area contributed by atoms with Gasteiger partial charge in [0.2, 0.25) is 10.0 Å². The van der Waals surface area contributed by atoms with Crippen molar-refractivity contribution in [3.63, 3.8) is 0 Å². The van der Waals surface area contributed by atoms with Crippen molar-refractivity contribution >= 4 is 42.6 Å². The fraction of sp³-hybridized carbons (Fsp3) is 0.364. The largest absolute Gasteiger partial charge is 0.379 e. The molecule has 2 heterocycles. The average Bonchev–Trinajstić information content (AvgIpc) is 3.23. The molecule has 32 heavy (non-hydrogen) atoms. The number of nitrogens with zero attached hydrogens (tertiary/aromatic N) is 4. The monoisotopic (exact) mass is 474 g/mol. The molecule has 3 aromatic rings. The summed E-state index contributed by atoms with van der Waals surface area (Å²) in [5, 5.41) is 0.634. The van der Waals surface area contributed by atoms with Crippen molar-refractivity contribution in [1.82, 2.24) is 14.2 Å². The number of morpholine rings is 1. The Morgan fingerprint density at radius 3 is 2.44 bits per heavy atom. The van der Waals surface area contributed by atoms with Crippen LogP contribution in [-0.4, -0.2) is 82.0 Å². The number of para-hydroxylation sites is 1. The maximum atomic E-state index is 13.5. The van der Waals surface area contributed by atoms with E-state index in [1.807, 2.05) is 24.3 Å². The quantitative estimate of drug-likeness (QED) is 0.523. The SMILES string of the molecule is CN(C)S(=O)(=O)c1ccc(C(=O)N(CCN2CCOCC2)c2nc3ccccc3s2)cc1. The Kier molecular flexibility index (Phi) is 6.87. The molecule has 0 unspecified atom stereocenters. The first-order valence-corrected chi connectivity index (χ1v) is 12.6. The summed E-state index contributed by atoms with van der Waals surface area (Å²) in [6.07, 6.45) is 0. The normalized spacial score (nSPS) is 15.3. The van der Waals surface area contributed by atoms with Crippen molar-refractivity contribution in [2.24, 2.45) is 0 Å². The molecule has 8 nitrogen and oxygen atoms in total. The first-order chi connectivity index (χ1) is 15.4. The van der Waals surface area contributed by atoms with Gasteiger partial charge in [-0.25, -0.2) is 17.7 Å². The predicted molar refractivity (Wildman–Crippen MR) is 126 cm³/mol. The standard InChI is InChI=1S/C22H26N4O4S2/c1-24(2)32(28,29)18-9-7-17(8-10-18)21(27)26(12-11-25-13-15-30-16-14-25)22-23-19-5-3-4-6-20(19)31-22/h3-10H,11-16H2,1-2H3. The molecular formula is C22H26N4O4S2. The van der Waals surface area contributed by atoms with E-state index < -0.39 is 10.0 Å². The van der Waals surface area contributed by atoms with Gasteiger partial charge in [-0.2, -0.15) is 0 Å². The Labute approximate surface area is 192 Å². The lowest BCUT2D eigenvalue weighted by molar-refractivity contribution is 0.0391. The number of carbonyl (C=O) groups excluding carboxylic acids is 1. The average molecular weight is 475 g/mol. The Morgan fingerprint density at radius 2 is 1.78 bits per heavy atom. The van der Waals surface area contributed by atoms with Crippen molar-refractivity contribution in [2.75, 3.05) is 58.4 Å². The van der Waals surface area contributed by atoms with E-state index in [-0.39, 0.29) is 10.8 Å². The van der Waals surface area contributed by atoms with Crippen LogP contribution in [0.4, 0.5) is 5.13 Å². The van der Waals surface area contributed by atoms with E-state index in [9.17, 15) is 13.2 Å². The number of hydrogen-bond acceptors (Lipinski definition) is 7. The van der Waals surface area contributed by atoms with Crippen LogP contribution in [0.15, 0.2) is 53.4 Å². The lowest BCUT2D eigenvalue weighted by Gasteiger charge is -2.29. The maximum absolute atomic E-state index is 13.5. The van der Waals surface area contributed by atoms with Gasteiger partial charge < -0.3 is 4.74 Å². The molecule has 0 saturated carbocycles. The Hall–Kier alpha value is -2.37. The molecule has 1 aliphatic rings. The second-order valence-electron chi connectivity index (χ2n) is 7.69. The molecule has 2 aromatic carbocycles. The summed E-state index contributed by atoms with van der Waals surface area (Å²) < 4.78 is 32.3. The van der Waals surface area contributed by atoms with Gasteiger partial charge in [-0.05, 0) is 36.4 Å². The predicted octanol–water partition coefficient (Wildman–Crippen LogP) is 2.53. The molecule has 1 fully saturated rings. The van der Waals surface area contributed by atoms with Gasteiger partial charge in [0.05, 0.1) is 28.3 Å². The van der Waals surface area contributed by atoms with Crippen LogP contribution in [0.3, 0.4) is 0 Å². The van der Waals surface area contributed by atoms with Crippen LogP contribution < -0.4 is 4.90 Å². The second kappa shape index (κ2) is 9.63. The molecular weight excluding hydrogens is 448 g/mol. The van der Waals surface area contributed by atoms with Gasteiger partial charge in [0, 0.05) is 45.8 Å². The summed E-state index contributed by atoms with van der Waals surface area (Å²) in [5.41, 5.74) is 1.27. The smallest absolute Gasteiger partial charge is 0.260 e.